The molecule has 0 aliphatic heterocycles. The van der Waals surface area contributed by atoms with E-state index in [1.54, 1.807) is 17.2 Å². The molecule has 0 saturated heterocycles. The number of anilines is 1. The molecule has 0 saturated carbocycles. The van der Waals surface area contributed by atoms with Crippen molar-refractivity contribution in [3.63, 3.8) is 0 Å². The number of oxazole rings is 1. The van der Waals surface area contributed by atoms with E-state index in [-0.39, 0.29) is 5.91 Å². The predicted octanol–water partition coefficient (Wildman–Crippen LogP) is 5.56. The summed E-state index contributed by atoms with van der Waals surface area (Å²) in [6.07, 6.45) is 1.68. The summed E-state index contributed by atoms with van der Waals surface area (Å²) in [6.45, 7) is 0. The standard InChI is InChI=1S/C28H22N4O2S/c1-32(22-15-8-14-21(18-22)27-30-25-23(34-27)16-9-17-29-25)28(35)31-26(33)24(19-10-4-2-5-11-19)20-12-6-3-7-13-20/h2-18,24H,1H3,(H,31,33,35). The van der Waals surface area contributed by atoms with Crippen LogP contribution in [0.3, 0.4) is 0 Å². The van der Waals surface area contributed by atoms with Crippen molar-refractivity contribution >= 4 is 40.2 Å². The zero-order chi connectivity index (χ0) is 24.2. The van der Waals surface area contributed by atoms with E-state index in [0.29, 0.717) is 22.2 Å². The van der Waals surface area contributed by atoms with Crippen molar-refractivity contribution in [2.45, 2.75) is 5.92 Å². The molecule has 35 heavy (non-hydrogen) atoms. The van der Waals surface area contributed by atoms with Gasteiger partial charge < -0.3 is 14.6 Å². The van der Waals surface area contributed by atoms with Gasteiger partial charge in [0, 0.05) is 24.5 Å². The van der Waals surface area contributed by atoms with Crippen molar-refractivity contribution in [2.24, 2.45) is 0 Å². The Labute approximate surface area is 208 Å². The summed E-state index contributed by atoms with van der Waals surface area (Å²) in [5.41, 5.74) is 4.54. The minimum Gasteiger partial charge on any atom is -0.434 e. The Kier molecular flexibility index (Phi) is 6.32. The van der Waals surface area contributed by atoms with Crippen molar-refractivity contribution < 1.29 is 9.21 Å². The molecule has 0 aliphatic carbocycles. The minimum absolute atomic E-state index is 0.194. The molecule has 3 aromatic carbocycles. The number of thiocarbonyl (C=S) groups is 1. The highest BCUT2D eigenvalue weighted by Crippen LogP contribution is 2.27. The maximum absolute atomic E-state index is 13.4. The highest BCUT2D eigenvalue weighted by molar-refractivity contribution is 7.80. The van der Waals surface area contributed by atoms with Crippen LogP contribution in [-0.2, 0) is 4.79 Å². The number of hydrogen-bond donors (Lipinski definition) is 1. The molecular weight excluding hydrogens is 456 g/mol. The quantitative estimate of drug-likeness (QED) is 0.334. The first-order valence-electron chi connectivity index (χ1n) is 11.1. The van der Waals surface area contributed by atoms with Crippen LogP contribution in [0.15, 0.2) is 108 Å². The molecule has 0 unspecified atom stereocenters. The first-order chi connectivity index (χ1) is 17.1. The van der Waals surface area contributed by atoms with E-state index in [0.717, 1.165) is 22.4 Å². The van der Waals surface area contributed by atoms with Crippen LogP contribution in [-0.4, -0.2) is 28.0 Å². The average molecular weight is 479 g/mol. The van der Waals surface area contributed by atoms with Crippen molar-refractivity contribution in [2.75, 3.05) is 11.9 Å². The Balaban J connectivity index is 1.37. The smallest absolute Gasteiger partial charge is 0.238 e. The summed E-state index contributed by atoms with van der Waals surface area (Å²) >= 11 is 5.61. The number of carbonyl (C=O) groups is 1. The Bertz CT molecular complexity index is 1410. The number of hydrogen-bond acceptors (Lipinski definition) is 5. The second kappa shape index (κ2) is 9.87. The number of carbonyl (C=O) groups excluding carboxylic acids is 1. The molecule has 0 radical (unpaired) electrons. The van der Waals surface area contributed by atoms with Gasteiger partial charge in [-0.2, -0.15) is 4.98 Å². The molecule has 172 valence electrons. The van der Waals surface area contributed by atoms with Crippen molar-refractivity contribution in [3.05, 3.63) is 114 Å². The summed E-state index contributed by atoms with van der Waals surface area (Å²) in [7, 11) is 1.81. The van der Waals surface area contributed by atoms with Gasteiger partial charge in [-0.25, -0.2) is 4.98 Å². The van der Waals surface area contributed by atoms with E-state index in [1.165, 1.54) is 0 Å². The van der Waals surface area contributed by atoms with E-state index >= 15 is 0 Å². The van der Waals surface area contributed by atoms with Crippen LogP contribution in [0.25, 0.3) is 22.7 Å². The monoisotopic (exact) mass is 478 g/mol. The first kappa shape index (κ1) is 22.4. The third-order valence-corrected chi connectivity index (χ3v) is 6.08. The number of rotatable bonds is 5. The molecular formula is C28H22N4O2S. The summed E-state index contributed by atoms with van der Waals surface area (Å²) in [4.78, 5) is 23.9. The number of fused-ring (bicyclic) bond motifs is 1. The normalized spacial score (nSPS) is 10.9. The van der Waals surface area contributed by atoms with Crippen molar-refractivity contribution in [3.8, 4) is 11.5 Å². The van der Waals surface area contributed by atoms with Gasteiger partial charge in [-0.1, -0.05) is 66.7 Å². The van der Waals surface area contributed by atoms with Crippen LogP contribution in [0.4, 0.5) is 5.69 Å². The highest BCUT2D eigenvalue weighted by atomic mass is 32.1. The molecule has 0 atom stereocenters. The van der Waals surface area contributed by atoms with Crippen LogP contribution >= 0.6 is 12.2 Å². The third kappa shape index (κ3) is 4.81. The van der Waals surface area contributed by atoms with Crippen LogP contribution in [0.1, 0.15) is 17.0 Å². The summed E-state index contributed by atoms with van der Waals surface area (Å²) in [6, 6.07) is 30.6. The van der Waals surface area contributed by atoms with E-state index < -0.39 is 5.92 Å². The topological polar surface area (TPSA) is 71.3 Å². The summed E-state index contributed by atoms with van der Waals surface area (Å²) in [5, 5.41) is 3.22. The molecule has 5 rings (SSSR count). The lowest BCUT2D eigenvalue weighted by Gasteiger charge is -2.24. The van der Waals surface area contributed by atoms with Gasteiger partial charge in [0.05, 0.1) is 5.92 Å². The Morgan fingerprint density at radius 2 is 1.60 bits per heavy atom. The van der Waals surface area contributed by atoms with Crippen LogP contribution < -0.4 is 10.2 Å². The lowest BCUT2D eigenvalue weighted by atomic mass is 9.90. The molecule has 1 amide bonds. The number of amides is 1. The average Bonchev–Trinajstić information content (AvgIpc) is 3.34. The van der Waals surface area contributed by atoms with Gasteiger partial charge in [-0.15, -0.1) is 0 Å². The summed E-state index contributed by atoms with van der Waals surface area (Å²) < 4.78 is 5.85. The summed E-state index contributed by atoms with van der Waals surface area (Å²) in [5.74, 6) is -0.208. The molecule has 7 heteroatoms. The lowest BCUT2D eigenvalue weighted by Crippen LogP contribution is -2.43. The van der Waals surface area contributed by atoms with Crippen molar-refractivity contribution in [1.29, 1.82) is 0 Å². The molecule has 0 fully saturated rings. The first-order valence-corrected chi connectivity index (χ1v) is 11.5. The SMILES string of the molecule is CN(C(=S)NC(=O)C(c1ccccc1)c1ccccc1)c1cccc(-c2nc3ncccc3o2)c1. The van der Waals surface area contributed by atoms with E-state index in [1.807, 2.05) is 98.0 Å². The zero-order valence-electron chi connectivity index (χ0n) is 19.0. The molecule has 2 aromatic heterocycles. The van der Waals surface area contributed by atoms with E-state index in [9.17, 15) is 4.79 Å². The maximum atomic E-state index is 13.4. The van der Waals surface area contributed by atoms with Gasteiger partial charge in [-0.3, -0.25) is 4.79 Å². The molecule has 0 bridgehead atoms. The fraction of sp³-hybridized carbons (Fsp3) is 0.0714. The van der Waals surface area contributed by atoms with E-state index in [2.05, 4.69) is 15.3 Å². The predicted molar refractivity (Wildman–Crippen MR) is 141 cm³/mol. The van der Waals surface area contributed by atoms with Gasteiger partial charge >= 0.3 is 0 Å². The second-order valence-electron chi connectivity index (χ2n) is 8.00. The number of benzene rings is 3. The number of nitrogens with zero attached hydrogens (tertiary/aromatic N) is 3. The number of nitrogens with one attached hydrogen (secondary N) is 1. The number of aromatic nitrogens is 2. The fourth-order valence-corrected chi connectivity index (χ4v) is 4.11. The molecule has 5 aromatic rings. The molecule has 0 spiro atoms. The van der Waals surface area contributed by atoms with Gasteiger partial charge in [0.25, 0.3) is 0 Å². The Hall–Kier alpha value is -4.36. The Morgan fingerprint density at radius 3 is 2.26 bits per heavy atom. The van der Waals surface area contributed by atoms with Crippen LogP contribution in [0.5, 0.6) is 0 Å². The van der Waals surface area contributed by atoms with Crippen LogP contribution in [0, 0.1) is 0 Å². The lowest BCUT2D eigenvalue weighted by molar-refractivity contribution is -0.120. The molecule has 2 heterocycles. The zero-order valence-corrected chi connectivity index (χ0v) is 19.8. The van der Waals surface area contributed by atoms with Crippen LogP contribution in [0.2, 0.25) is 0 Å². The number of pyridine rings is 1. The van der Waals surface area contributed by atoms with Gasteiger partial charge in [0.2, 0.25) is 11.8 Å². The third-order valence-electron chi connectivity index (χ3n) is 5.71. The maximum Gasteiger partial charge on any atom is 0.238 e. The van der Waals surface area contributed by atoms with Gasteiger partial charge in [0.15, 0.2) is 16.3 Å². The van der Waals surface area contributed by atoms with Crippen molar-refractivity contribution in [1.82, 2.24) is 15.3 Å². The largest absolute Gasteiger partial charge is 0.434 e. The van der Waals surface area contributed by atoms with Gasteiger partial charge in [-0.05, 0) is 53.7 Å². The van der Waals surface area contributed by atoms with E-state index in [4.69, 9.17) is 16.6 Å². The molecule has 0 aliphatic rings. The fourth-order valence-electron chi connectivity index (χ4n) is 3.90. The van der Waals surface area contributed by atoms with Gasteiger partial charge in [0.1, 0.15) is 0 Å². The molecule has 1 N–H and O–H groups in total. The molecule has 6 nitrogen and oxygen atoms in total. The second-order valence-corrected chi connectivity index (χ2v) is 8.39. The Morgan fingerprint density at radius 1 is 0.914 bits per heavy atom. The highest BCUT2D eigenvalue weighted by Gasteiger charge is 2.24. The minimum atomic E-state index is -0.484.